The summed E-state index contributed by atoms with van der Waals surface area (Å²) in [4.78, 5) is 31.7. The number of piperazine rings is 1. The number of hydrogen-bond acceptors (Lipinski definition) is 8. The predicted octanol–water partition coefficient (Wildman–Crippen LogP) is 2.03. The summed E-state index contributed by atoms with van der Waals surface area (Å²) < 4.78 is 10.3. The Morgan fingerprint density at radius 1 is 1.19 bits per heavy atom. The third-order valence-electron chi connectivity index (χ3n) is 4.19. The second-order valence-electron chi connectivity index (χ2n) is 5.58. The fraction of sp³-hybridized carbons (Fsp3) is 0.375. The number of ether oxygens (including phenoxy) is 2. The van der Waals surface area contributed by atoms with E-state index in [1.54, 1.807) is 22.4 Å². The minimum atomic E-state index is -0.582. The van der Waals surface area contributed by atoms with Crippen LogP contribution in [0.3, 0.4) is 0 Å². The van der Waals surface area contributed by atoms with Crippen molar-refractivity contribution in [2.45, 2.75) is 0 Å². The van der Waals surface area contributed by atoms with E-state index in [0.717, 1.165) is 5.13 Å². The van der Waals surface area contributed by atoms with E-state index in [1.807, 2.05) is 5.38 Å². The van der Waals surface area contributed by atoms with Gasteiger partial charge in [-0.3, -0.25) is 14.9 Å². The van der Waals surface area contributed by atoms with E-state index < -0.39 is 10.8 Å². The number of carbonyl (C=O) groups is 1. The lowest BCUT2D eigenvalue weighted by Crippen LogP contribution is -2.48. The SMILES string of the molecule is COc1cc(C(=O)N2CCN(c3nccs3)CC2)c([N+](=O)[O-])cc1OC. The Morgan fingerprint density at radius 2 is 1.85 bits per heavy atom. The molecule has 9 nitrogen and oxygen atoms in total. The van der Waals surface area contributed by atoms with Gasteiger partial charge < -0.3 is 19.3 Å². The van der Waals surface area contributed by atoms with Gasteiger partial charge in [0, 0.05) is 43.8 Å². The van der Waals surface area contributed by atoms with E-state index >= 15 is 0 Å². The highest BCUT2D eigenvalue weighted by atomic mass is 32.1. The van der Waals surface area contributed by atoms with Gasteiger partial charge in [0.05, 0.1) is 25.2 Å². The largest absolute Gasteiger partial charge is 0.493 e. The number of nitrogens with zero attached hydrogens (tertiary/aromatic N) is 4. The van der Waals surface area contributed by atoms with Gasteiger partial charge in [-0.05, 0) is 0 Å². The van der Waals surface area contributed by atoms with E-state index in [9.17, 15) is 14.9 Å². The number of nitro benzene ring substituents is 1. The first-order chi connectivity index (χ1) is 12.5. The lowest BCUT2D eigenvalue weighted by Gasteiger charge is -2.34. The second-order valence-corrected chi connectivity index (χ2v) is 6.45. The van der Waals surface area contributed by atoms with Gasteiger partial charge in [0.25, 0.3) is 11.6 Å². The fourth-order valence-electron chi connectivity index (χ4n) is 2.83. The standard InChI is InChI=1S/C16H18N4O5S/c1-24-13-9-11(12(20(22)23)10-14(13)25-2)15(21)18-4-6-19(7-5-18)16-17-3-8-26-16/h3,8-10H,4-7H2,1-2H3. The van der Waals surface area contributed by atoms with Crippen LogP contribution in [0.25, 0.3) is 0 Å². The van der Waals surface area contributed by atoms with Gasteiger partial charge in [-0.15, -0.1) is 11.3 Å². The molecule has 1 aromatic heterocycles. The topological polar surface area (TPSA) is 98.0 Å². The van der Waals surface area contributed by atoms with Crippen molar-refractivity contribution in [2.75, 3.05) is 45.3 Å². The average molecular weight is 378 g/mol. The summed E-state index contributed by atoms with van der Waals surface area (Å²) in [5, 5.41) is 14.2. The molecular weight excluding hydrogens is 360 g/mol. The third-order valence-corrected chi connectivity index (χ3v) is 5.02. The maximum Gasteiger partial charge on any atom is 0.286 e. The molecule has 3 rings (SSSR count). The molecule has 0 N–H and O–H groups in total. The van der Waals surface area contributed by atoms with Crippen LogP contribution in [0.2, 0.25) is 0 Å². The number of thiazole rings is 1. The maximum atomic E-state index is 12.9. The number of aromatic nitrogens is 1. The molecular formula is C16H18N4O5S. The first-order valence-corrected chi connectivity index (χ1v) is 8.77. The molecule has 1 fully saturated rings. The van der Waals surface area contributed by atoms with Crippen molar-refractivity contribution in [1.29, 1.82) is 0 Å². The number of anilines is 1. The van der Waals surface area contributed by atoms with Crippen LogP contribution < -0.4 is 14.4 Å². The number of nitro groups is 1. The van der Waals surface area contributed by atoms with Crippen LogP contribution in [0.5, 0.6) is 11.5 Å². The van der Waals surface area contributed by atoms with Crippen LogP contribution >= 0.6 is 11.3 Å². The van der Waals surface area contributed by atoms with Gasteiger partial charge in [0.2, 0.25) is 0 Å². The van der Waals surface area contributed by atoms with Crippen LogP contribution in [0.4, 0.5) is 10.8 Å². The number of hydrogen-bond donors (Lipinski definition) is 0. The molecule has 26 heavy (non-hydrogen) atoms. The molecule has 0 atom stereocenters. The van der Waals surface area contributed by atoms with Crippen molar-refractivity contribution < 1.29 is 19.2 Å². The predicted molar refractivity (Wildman–Crippen MR) is 96.4 cm³/mol. The zero-order valence-electron chi connectivity index (χ0n) is 14.4. The zero-order chi connectivity index (χ0) is 18.7. The van der Waals surface area contributed by atoms with Crippen molar-refractivity contribution in [3.63, 3.8) is 0 Å². The summed E-state index contributed by atoms with van der Waals surface area (Å²) >= 11 is 1.54. The Hall–Kier alpha value is -2.88. The second kappa shape index (κ2) is 7.56. The highest BCUT2D eigenvalue weighted by molar-refractivity contribution is 7.13. The summed E-state index contributed by atoms with van der Waals surface area (Å²) in [7, 11) is 2.81. The molecule has 10 heteroatoms. The minimum absolute atomic E-state index is 0.00431. The first kappa shape index (κ1) is 17.9. The Balaban J connectivity index is 1.82. The number of methoxy groups -OCH3 is 2. The van der Waals surface area contributed by atoms with Crippen LogP contribution in [-0.2, 0) is 0 Å². The lowest BCUT2D eigenvalue weighted by atomic mass is 10.1. The molecule has 2 aromatic rings. The average Bonchev–Trinajstić information content (AvgIpc) is 3.21. The van der Waals surface area contributed by atoms with Gasteiger partial charge >= 0.3 is 0 Å². The molecule has 0 bridgehead atoms. The van der Waals surface area contributed by atoms with Gasteiger partial charge in [-0.2, -0.15) is 0 Å². The number of carbonyl (C=O) groups excluding carboxylic acids is 1. The van der Waals surface area contributed by atoms with E-state index in [4.69, 9.17) is 9.47 Å². The normalized spacial score (nSPS) is 14.2. The molecule has 1 aliphatic heterocycles. The molecule has 2 heterocycles. The molecule has 0 spiro atoms. The summed E-state index contributed by atoms with van der Waals surface area (Å²) in [6, 6.07) is 2.59. The third kappa shape index (κ3) is 3.40. The van der Waals surface area contributed by atoms with Crippen LogP contribution in [0.1, 0.15) is 10.4 Å². The Kier molecular flexibility index (Phi) is 5.21. The van der Waals surface area contributed by atoms with Crippen LogP contribution in [0.15, 0.2) is 23.7 Å². The summed E-state index contributed by atoms with van der Waals surface area (Å²) in [6.07, 6.45) is 1.74. The number of rotatable bonds is 5. The van der Waals surface area contributed by atoms with Crippen molar-refractivity contribution in [2.24, 2.45) is 0 Å². The molecule has 0 unspecified atom stereocenters. The van der Waals surface area contributed by atoms with Crippen molar-refractivity contribution in [3.8, 4) is 11.5 Å². The highest BCUT2D eigenvalue weighted by Crippen LogP contribution is 2.35. The van der Waals surface area contributed by atoms with Crippen LogP contribution in [0, 0.1) is 10.1 Å². The first-order valence-electron chi connectivity index (χ1n) is 7.89. The maximum absolute atomic E-state index is 12.9. The molecule has 1 amide bonds. The van der Waals surface area contributed by atoms with Gasteiger partial charge in [-0.1, -0.05) is 0 Å². The van der Waals surface area contributed by atoms with E-state index in [0.29, 0.717) is 26.2 Å². The Bertz CT molecular complexity index is 803. The molecule has 0 aliphatic carbocycles. The molecule has 1 saturated heterocycles. The molecule has 1 aromatic carbocycles. The monoisotopic (exact) mass is 378 g/mol. The summed E-state index contributed by atoms with van der Waals surface area (Å²) in [6.45, 7) is 2.18. The van der Waals surface area contributed by atoms with E-state index in [2.05, 4.69) is 9.88 Å². The summed E-state index contributed by atoms with van der Waals surface area (Å²) in [5.41, 5.74) is -0.301. The fourth-order valence-corrected chi connectivity index (χ4v) is 3.53. The van der Waals surface area contributed by atoms with Gasteiger partial charge in [0.15, 0.2) is 16.6 Å². The van der Waals surface area contributed by atoms with Crippen molar-refractivity contribution >= 4 is 28.1 Å². The smallest absolute Gasteiger partial charge is 0.286 e. The van der Waals surface area contributed by atoms with E-state index in [-0.39, 0.29) is 22.7 Å². The Labute approximate surface area is 153 Å². The number of amides is 1. The van der Waals surface area contributed by atoms with Crippen LogP contribution in [-0.4, -0.2) is 61.1 Å². The van der Waals surface area contributed by atoms with Gasteiger partial charge in [-0.25, -0.2) is 4.98 Å². The van der Waals surface area contributed by atoms with Gasteiger partial charge in [0.1, 0.15) is 5.56 Å². The van der Waals surface area contributed by atoms with E-state index in [1.165, 1.54) is 26.4 Å². The van der Waals surface area contributed by atoms with Crippen molar-refractivity contribution in [1.82, 2.24) is 9.88 Å². The lowest BCUT2D eigenvalue weighted by molar-refractivity contribution is -0.385. The Morgan fingerprint density at radius 3 is 2.38 bits per heavy atom. The molecule has 1 aliphatic rings. The quantitative estimate of drug-likeness (QED) is 0.580. The number of benzene rings is 1. The van der Waals surface area contributed by atoms with Crippen molar-refractivity contribution in [3.05, 3.63) is 39.4 Å². The molecule has 138 valence electrons. The minimum Gasteiger partial charge on any atom is -0.493 e. The molecule has 0 radical (unpaired) electrons. The summed E-state index contributed by atoms with van der Waals surface area (Å²) in [5.74, 6) is 0.101. The molecule has 0 saturated carbocycles. The highest BCUT2D eigenvalue weighted by Gasteiger charge is 2.30. The zero-order valence-corrected chi connectivity index (χ0v) is 15.2.